The Labute approximate surface area is 102 Å². The summed E-state index contributed by atoms with van der Waals surface area (Å²) in [5.74, 6) is 0.251. The van der Waals surface area contributed by atoms with Crippen LogP contribution in [-0.4, -0.2) is 28.5 Å². The van der Waals surface area contributed by atoms with Crippen LogP contribution in [0.4, 0.5) is 0 Å². The van der Waals surface area contributed by atoms with E-state index in [1.165, 1.54) is 12.8 Å². The molecule has 0 N–H and O–H groups in total. The Kier molecular flexibility index (Phi) is 2.75. The van der Waals surface area contributed by atoms with Crippen molar-refractivity contribution < 1.29 is 4.79 Å². The fourth-order valence-electron chi connectivity index (χ4n) is 2.53. The number of piperidine rings is 1. The maximum Gasteiger partial charge on any atom is 0.242 e. The summed E-state index contributed by atoms with van der Waals surface area (Å²) in [4.78, 5) is 14.1. The predicted molar refractivity (Wildman–Crippen MR) is 66.5 cm³/mol. The van der Waals surface area contributed by atoms with Gasteiger partial charge in [-0.05, 0) is 37.8 Å². The van der Waals surface area contributed by atoms with Crippen molar-refractivity contribution in [1.29, 1.82) is 0 Å². The van der Waals surface area contributed by atoms with Gasteiger partial charge in [-0.1, -0.05) is 11.1 Å². The molecule has 1 saturated carbocycles. The Balaban J connectivity index is 1.55. The molecule has 0 radical (unpaired) electrons. The highest BCUT2D eigenvalue weighted by atomic mass is 16.2. The van der Waals surface area contributed by atoms with Gasteiger partial charge in [0.2, 0.25) is 5.91 Å². The zero-order chi connectivity index (χ0) is 11.7. The van der Waals surface area contributed by atoms with Crippen LogP contribution in [0, 0.1) is 0 Å². The number of nitrogens with zero attached hydrogens (tertiary/aromatic N) is 2. The molecule has 17 heavy (non-hydrogen) atoms. The van der Waals surface area contributed by atoms with E-state index < -0.39 is 0 Å². The summed E-state index contributed by atoms with van der Waals surface area (Å²) in [6.45, 7) is 2.32. The fraction of sp³-hybridized carbons (Fsp3) is 0.500. The lowest BCUT2D eigenvalue weighted by atomic mass is 10.0. The summed E-state index contributed by atoms with van der Waals surface area (Å²) in [6, 6.07) is 3.91. The van der Waals surface area contributed by atoms with Crippen molar-refractivity contribution >= 4 is 5.91 Å². The fourth-order valence-corrected chi connectivity index (χ4v) is 2.53. The van der Waals surface area contributed by atoms with Crippen LogP contribution in [0.5, 0.6) is 0 Å². The molecule has 2 fully saturated rings. The molecule has 3 nitrogen and oxygen atoms in total. The van der Waals surface area contributed by atoms with Crippen molar-refractivity contribution in [3.63, 3.8) is 0 Å². The standard InChI is InChI=1S/C14H18N2O/c17-14(11-15-7-1-2-8-15)16-9-5-13(6-10-16)12-3-4-12/h1-2,7-8H,3-6,9-11H2. The number of carbonyl (C=O) groups is 1. The number of carbonyl (C=O) groups excluding carboxylic acids is 1. The Morgan fingerprint density at radius 2 is 1.59 bits per heavy atom. The van der Waals surface area contributed by atoms with E-state index in [0.717, 1.165) is 25.9 Å². The highest BCUT2D eigenvalue weighted by Crippen LogP contribution is 2.35. The first-order valence-electron chi connectivity index (χ1n) is 6.41. The lowest BCUT2D eigenvalue weighted by molar-refractivity contribution is -0.132. The van der Waals surface area contributed by atoms with Gasteiger partial charge in [0, 0.05) is 25.5 Å². The largest absolute Gasteiger partial charge is 0.345 e. The number of rotatable bonds is 2. The van der Waals surface area contributed by atoms with Gasteiger partial charge in [-0.2, -0.15) is 0 Å². The molecule has 0 unspecified atom stereocenters. The molecule has 3 heteroatoms. The molecule has 90 valence electrons. The molecule has 0 aromatic carbocycles. The van der Waals surface area contributed by atoms with Crippen LogP contribution >= 0.6 is 0 Å². The van der Waals surface area contributed by atoms with Crippen LogP contribution < -0.4 is 0 Å². The molecule has 0 spiro atoms. The van der Waals surface area contributed by atoms with Gasteiger partial charge in [-0.3, -0.25) is 4.79 Å². The first kappa shape index (κ1) is 10.6. The van der Waals surface area contributed by atoms with Crippen LogP contribution in [0.15, 0.2) is 35.7 Å². The topological polar surface area (TPSA) is 25.2 Å². The molecule has 2 aliphatic rings. The van der Waals surface area contributed by atoms with Crippen molar-refractivity contribution in [1.82, 2.24) is 9.47 Å². The molecule has 3 rings (SSSR count). The molecular weight excluding hydrogens is 212 g/mol. The van der Waals surface area contributed by atoms with Crippen LogP contribution in [0.2, 0.25) is 0 Å². The van der Waals surface area contributed by atoms with Crippen molar-refractivity contribution in [2.45, 2.75) is 32.2 Å². The summed E-state index contributed by atoms with van der Waals surface area (Å²) in [6.07, 6.45) is 8.72. The third-order valence-electron chi connectivity index (χ3n) is 3.70. The molecule has 0 bridgehead atoms. The molecule has 1 saturated heterocycles. The summed E-state index contributed by atoms with van der Waals surface area (Å²) in [5, 5.41) is 0. The van der Waals surface area contributed by atoms with Gasteiger partial charge in [0.05, 0.1) is 0 Å². The SMILES string of the molecule is O=C(Cn1cccc1)N1CCC(=C2CC2)CC1. The summed E-state index contributed by atoms with van der Waals surface area (Å²) < 4.78 is 1.94. The van der Waals surface area contributed by atoms with Gasteiger partial charge in [-0.25, -0.2) is 0 Å². The van der Waals surface area contributed by atoms with E-state index in [9.17, 15) is 4.79 Å². The third kappa shape index (κ3) is 2.43. The van der Waals surface area contributed by atoms with E-state index in [1.54, 1.807) is 11.1 Å². The minimum absolute atomic E-state index is 0.251. The maximum atomic E-state index is 12.0. The van der Waals surface area contributed by atoms with Gasteiger partial charge in [0.25, 0.3) is 0 Å². The Morgan fingerprint density at radius 3 is 2.18 bits per heavy atom. The Bertz CT molecular complexity index is 429. The summed E-state index contributed by atoms with van der Waals surface area (Å²) in [5.41, 5.74) is 3.30. The number of allylic oxidation sites excluding steroid dienone is 1. The van der Waals surface area contributed by atoms with Gasteiger partial charge in [0.15, 0.2) is 0 Å². The zero-order valence-corrected chi connectivity index (χ0v) is 10.1. The molecule has 1 aromatic rings. The highest BCUT2D eigenvalue weighted by Gasteiger charge is 2.24. The minimum Gasteiger partial charge on any atom is -0.345 e. The molecule has 1 amide bonds. The van der Waals surface area contributed by atoms with Crippen molar-refractivity contribution in [3.8, 4) is 0 Å². The van der Waals surface area contributed by atoms with Crippen LogP contribution in [0.1, 0.15) is 25.7 Å². The number of aromatic nitrogens is 1. The molecular formula is C14H18N2O. The lowest BCUT2D eigenvalue weighted by Crippen LogP contribution is -2.38. The smallest absolute Gasteiger partial charge is 0.242 e. The monoisotopic (exact) mass is 230 g/mol. The normalized spacial score (nSPS) is 19.6. The number of amides is 1. The first-order valence-corrected chi connectivity index (χ1v) is 6.41. The van der Waals surface area contributed by atoms with Crippen molar-refractivity contribution in [3.05, 3.63) is 35.7 Å². The van der Waals surface area contributed by atoms with E-state index in [0.29, 0.717) is 6.54 Å². The van der Waals surface area contributed by atoms with E-state index >= 15 is 0 Å². The average molecular weight is 230 g/mol. The van der Waals surface area contributed by atoms with Gasteiger partial charge < -0.3 is 9.47 Å². The van der Waals surface area contributed by atoms with Crippen LogP contribution in [-0.2, 0) is 11.3 Å². The van der Waals surface area contributed by atoms with Crippen LogP contribution in [0.3, 0.4) is 0 Å². The van der Waals surface area contributed by atoms with E-state index in [2.05, 4.69) is 0 Å². The average Bonchev–Trinajstić information content (AvgIpc) is 3.09. The second kappa shape index (κ2) is 4.40. The number of likely N-dealkylation sites (tertiary alicyclic amines) is 1. The maximum absolute atomic E-state index is 12.0. The van der Waals surface area contributed by atoms with E-state index in [1.807, 2.05) is 34.0 Å². The predicted octanol–water partition coefficient (Wildman–Crippen LogP) is 2.20. The second-order valence-electron chi connectivity index (χ2n) is 4.94. The van der Waals surface area contributed by atoms with Crippen molar-refractivity contribution in [2.24, 2.45) is 0 Å². The summed E-state index contributed by atoms with van der Waals surface area (Å²) >= 11 is 0. The highest BCUT2D eigenvalue weighted by molar-refractivity contribution is 5.76. The zero-order valence-electron chi connectivity index (χ0n) is 10.1. The Morgan fingerprint density at radius 1 is 1.00 bits per heavy atom. The van der Waals surface area contributed by atoms with E-state index in [4.69, 9.17) is 0 Å². The van der Waals surface area contributed by atoms with Crippen molar-refractivity contribution in [2.75, 3.05) is 13.1 Å². The quantitative estimate of drug-likeness (QED) is 0.715. The number of hydrogen-bond acceptors (Lipinski definition) is 1. The molecule has 1 aliphatic heterocycles. The second-order valence-corrected chi connectivity index (χ2v) is 4.94. The van der Waals surface area contributed by atoms with Gasteiger partial charge in [-0.15, -0.1) is 0 Å². The summed E-state index contributed by atoms with van der Waals surface area (Å²) in [7, 11) is 0. The Hall–Kier alpha value is -1.51. The first-order chi connectivity index (χ1) is 8.33. The molecule has 0 atom stereocenters. The molecule has 1 aromatic heterocycles. The van der Waals surface area contributed by atoms with Crippen LogP contribution in [0.25, 0.3) is 0 Å². The molecule has 1 aliphatic carbocycles. The van der Waals surface area contributed by atoms with E-state index in [-0.39, 0.29) is 5.91 Å². The van der Waals surface area contributed by atoms with Gasteiger partial charge >= 0.3 is 0 Å². The molecule has 2 heterocycles. The minimum atomic E-state index is 0.251. The van der Waals surface area contributed by atoms with Gasteiger partial charge in [0.1, 0.15) is 6.54 Å². The third-order valence-corrected chi connectivity index (χ3v) is 3.70. The lowest BCUT2D eigenvalue weighted by Gasteiger charge is -2.28. The number of hydrogen-bond donors (Lipinski definition) is 0.